The molecule has 0 saturated heterocycles. The highest BCUT2D eigenvalue weighted by atomic mass is 14.9. The molecule has 1 aromatic rings. The van der Waals surface area contributed by atoms with Crippen molar-refractivity contribution in [3.05, 3.63) is 34.9 Å². The van der Waals surface area contributed by atoms with E-state index < -0.39 is 0 Å². The molecule has 0 saturated carbocycles. The summed E-state index contributed by atoms with van der Waals surface area (Å²) >= 11 is 0. The quantitative estimate of drug-likeness (QED) is 0.776. The molecule has 0 aliphatic heterocycles. The lowest BCUT2D eigenvalue weighted by molar-refractivity contribution is 0.588. The highest BCUT2D eigenvalue weighted by Gasteiger charge is 2.00. The molecule has 0 unspecified atom stereocenters. The summed E-state index contributed by atoms with van der Waals surface area (Å²) < 4.78 is 0. The van der Waals surface area contributed by atoms with Gasteiger partial charge in [-0.3, -0.25) is 0 Å². The first kappa shape index (κ1) is 12.3. The standard InChI is InChI=1S/C14H23N/c1-5-6-14-9-13(8-7-12(14)4)10-15-11(2)3/h7-9,11,15H,5-6,10H2,1-4H3. The van der Waals surface area contributed by atoms with Gasteiger partial charge in [-0.15, -0.1) is 0 Å². The number of nitrogens with one attached hydrogen (secondary N) is 1. The van der Waals surface area contributed by atoms with E-state index in [0.717, 1.165) is 6.54 Å². The van der Waals surface area contributed by atoms with Gasteiger partial charge in [-0.05, 0) is 30.0 Å². The van der Waals surface area contributed by atoms with Gasteiger partial charge in [0.15, 0.2) is 0 Å². The molecule has 0 spiro atoms. The molecular formula is C14H23N. The fourth-order valence-corrected chi connectivity index (χ4v) is 1.70. The summed E-state index contributed by atoms with van der Waals surface area (Å²) in [7, 11) is 0. The first-order valence-electron chi connectivity index (χ1n) is 5.95. The van der Waals surface area contributed by atoms with Crippen molar-refractivity contribution in [2.24, 2.45) is 0 Å². The average molecular weight is 205 g/mol. The van der Waals surface area contributed by atoms with E-state index in [1.54, 1.807) is 0 Å². The van der Waals surface area contributed by atoms with Crippen LogP contribution in [-0.4, -0.2) is 6.04 Å². The molecule has 0 aromatic heterocycles. The summed E-state index contributed by atoms with van der Waals surface area (Å²) in [6, 6.07) is 7.36. The Morgan fingerprint density at radius 2 is 2.00 bits per heavy atom. The van der Waals surface area contributed by atoms with Gasteiger partial charge >= 0.3 is 0 Å². The number of benzene rings is 1. The first-order valence-corrected chi connectivity index (χ1v) is 5.95. The second-order valence-corrected chi connectivity index (χ2v) is 4.55. The van der Waals surface area contributed by atoms with Gasteiger partial charge in [0.2, 0.25) is 0 Å². The molecule has 0 atom stereocenters. The SMILES string of the molecule is CCCc1cc(CNC(C)C)ccc1C. The van der Waals surface area contributed by atoms with Crippen molar-refractivity contribution >= 4 is 0 Å². The van der Waals surface area contributed by atoms with Crippen LogP contribution in [0.5, 0.6) is 0 Å². The average Bonchev–Trinajstić information content (AvgIpc) is 2.19. The van der Waals surface area contributed by atoms with Crippen LogP contribution >= 0.6 is 0 Å². The first-order chi connectivity index (χ1) is 7.13. The fourth-order valence-electron chi connectivity index (χ4n) is 1.70. The molecule has 1 N–H and O–H groups in total. The van der Waals surface area contributed by atoms with E-state index in [0.29, 0.717) is 6.04 Å². The number of aryl methyl sites for hydroxylation is 2. The lowest BCUT2D eigenvalue weighted by Crippen LogP contribution is -2.21. The van der Waals surface area contributed by atoms with Crippen molar-refractivity contribution in [3.8, 4) is 0 Å². The summed E-state index contributed by atoms with van der Waals surface area (Å²) in [4.78, 5) is 0. The maximum atomic E-state index is 3.45. The molecule has 0 heterocycles. The van der Waals surface area contributed by atoms with Crippen LogP contribution in [-0.2, 0) is 13.0 Å². The maximum Gasteiger partial charge on any atom is 0.0207 e. The molecule has 0 amide bonds. The third-order valence-corrected chi connectivity index (χ3v) is 2.65. The van der Waals surface area contributed by atoms with Gasteiger partial charge in [0, 0.05) is 12.6 Å². The third-order valence-electron chi connectivity index (χ3n) is 2.65. The van der Waals surface area contributed by atoms with Gasteiger partial charge < -0.3 is 5.32 Å². The molecule has 0 radical (unpaired) electrons. The zero-order chi connectivity index (χ0) is 11.3. The number of hydrogen-bond acceptors (Lipinski definition) is 1. The highest BCUT2D eigenvalue weighted by molar-refractivity contribution is 5.31. The summed E-state index contributed by atoms with van der Waals surface area (Å²) in [5.74, 6) is 0. The fraction of sp³-hybridized carbons (Fsp3) is 0.571. The van der Waals surface area contributed by atoms with Crippen molar-refractivity contribution in [1.82, 2.24) is 5.32 Å². The Balaban J connectivity index is 2.69. The number of hydrogen-bond donors (Lipinski definition) is 1. The van der Waals surface area contributed by atoms with E-state index in [2.05, 4.69) is 51.2 Å². The van der Waals surface area contributed by atoms with Crippen LogP contribution in [0.3, 0.4) is 0 Å². The molecule has 84 valence electrons. The second kappa shape index (κ2) is 5.92. The second-order valence-electron chi connectivity index (χ2n) is 4.55. The van der Waals surface area contributed by atoms with E-state index in [1.165, 1.54) is 29.5 Å². The molecule has 1 rings (SSSR count). The minimum atomic E-state index is 0.556. The normalized spacial score (nSPS) is 11.0. The Morgan fingerprint density at radius 1 is 1.27 bits per heavy atom. The Labute approximate surface area is 93.9 Å². The van der Waals surface area contributed by atoms with Gasteiger partial charge in [-0.1, -0.05) is 45.4 Å². The van der Waals surface area contributed by atoms with E-state index in [4.69, 9.17) is 0 Å². The highest BCUT2D eigenvalue weighted by Crippen LogP contribution is 2.13. The molecule has 0 fully saturated rings. The summed E-state index contributed by atoms with van der Waals surface area (Å²) in [5.41, 5.74) is 4.32. The minimum Gasteiger partial charge on any atom is -0.310 e. The smallest absolute Gasteiger partial charge is 0.0207 e. The van der Waals surface area contributed by atoms with Crippen molar-refractivity contribution in [1.29, 1.82) is 0 Å². The zero-order valence-electron chi connectivity index (χ0n) is 10.4. The molecule has 0 bridgehead atoms. The molecule has 1 aromatic carbocycles. The number of rotatable bonds is 5. The van der Waals surface area contributed by atoms with Gasteiger partial charge in [0.1, 0.15) is 0 Å². The monoisotopic (exact) mass is 205 g/mol. The van der Waals surface area contributed by atoms with Crippen LogP contribution in [0.1, 0.15) is 43.9 Å². The summed E-state index contributed by atoms with van der Waals surface area (Å²) in [6.45, 7) is 9.78. The van der Waals surface area contributed by atoms with Crippen molar-refractivity contribution in [2.75, 3.05) is 0 Å². The Kier molecular flexibility index (Phi) is 4.83. The van der Waals surface area contributed by atoms with Crippen LogP contribution < -0.4 is 5.32 Å². The van der Waals surface area contributed by atoms with E-state index in [1.807, 2.05) is 0 Å². The molecule has 1 heteroatoms. The van der Waals surface area contributed by atoms with Gasteiger partial charge in [0.25, 0.3) is 0 Å². The largest absolute Gasteiger partial charge is 0.310 e. The molecule has 0 aliphatic carbocycles. The lowest BCUT2D eigenvalue weighted by atomic mass is 10.0. The topological polar surface area (TPSA) is 12.0 Å². The van der Waals surface area contributed by atoms with Gasteiger partial charge in [-0.25, -0.2) is 0 Å². The van der Waals surface area contributed by atoms with Gasteiger partial charge in [-0.2, -0.15) is 0 Å². The predicted molar refractivity (Wildman–Crippen MR) is 67.1 cm³/mol. The maximum absolute atomic E-state index is 3.45. The minimum absolute atomic E-state index is 0.556. The summed E-state index contributed by atoms with van der Waals surface area (Å²) in [6.07, 6.45) is 2.42. The van der Waals surface area contributed by atoms with Crippen LogP contribution in [0.25, 0.3) is 0 Å². The molecular weight excluding hydrogens is 182 g/mol. The Bertz CT molecular complexity index is 302. The van der Waals surface area contributed by atoms with E-state index in [-0.39, 0.29) is 0 Å². The molecule has 0 aliphatic rings. The van der Waals surface area contributed by atoms with Crippen LogP contribution in [0.15, 0.2) is 18.2 Å². The molecule has 15 heavy (non-hydrogen) atoms. The Hall–Kier alpha value is -0.820. The van der Waals surface area contributed by atoms with Crippen molar-refractivity contribution < 1.29 is 0 Å². The van der Waals surface area contributed by atoms with Crippen LogP contribution in [0.2, 0.25) is 0 Å². The van der Waals surface area contributed by atoms with Crippen molar-refractivity contribution in [2.45, 2.75) is 53.1 Å². The van der Waals surface area contributed by atoms with Gasteiger partial charge in [0.05, 0.1) is 0 Å². The van der Waals surface area contributed by atoms with Crippen LogP contribution in [0.4, 0.5) is 0 Å². The lowest BCUT2D eigenvalue weighted by Gasteiger charge is -2.11. The zero-order valence-corrected chi connectivity index (χ0v) is 10.4. The summed E-state index contributed by atoms with van der Waals surface area (Å²) in [5, 5.41) is 3.45. The van der Waals surface area contributed by atoms with Crippen LogP contribution in [0, 0.1) is 6.92 Å². The Morgan fingerprint density at radius 3 is 2.60 bits per heavy atom. The predicted octanol–water partition coefficient (Wildman–Crippen LogP) is 3.45. The molecule has 1 nitrogen and oxygen atoms in total. The third kappa shape index (κ3) is 4.05. The van der Waals surface area contributed by atoms with Crippen molar-refractivity contribution in [3.63, 3.8) is 0 Å². The van der Waals surface area contributed by atoms with E-state index >= 15 is 0 Å². The van der Waals surface area contributed by atoms with E-state index in [9.17, 15) is 0 Å².